The molecule has 7 nitrogen and oxygen atoms in total. The van der Waals surface area contributed by atoms with E-state index in [9.17, 15) is 14.9 Å². The molecule has 1 N–H and O–H groups in total. The van der Waals surface area contributed by atoms with Crippen LogP contribution < -0.4 is 10.3 Å². The fourth-order valence-corrected chi connectivity index (χ4v) is 2.45. The lowest BCUT2D eigenvalue weighted by molar-refractivity contribution is -0.384. The molecule has 0 heterocycles. The Morgan fingerprint density at radius 2 is 1.64 bits per heavy atom. The van der Waals surface area contributed by atoms with Crippen LogP contribution >= 0.6 is 11.6 Å². The SMILES string of the molecule is O=C(Nc1ccc([N+](=O)[O-])cc1)N(/N=C/c1ccc(Cl)cc1)c1ccccc1. The molecule has 0 unspecified atom stereocenters. The number of nitrogens with one attached hydrogen (secondary N) is 1. The molecule has 0 aliphatic rings. The monoisotopic (exact) mass is 394 g/mol. The predicted octanol–water partition coefficient (Wildman–Crippen LogP) is 5.32. The maximum Gasteiger partial charge on any atom is 0.347 e. The van der Waals surface area contributed by atoms with Gasteiger partial charge in [0.15, 0.2) is 0 Å². The van der Waals surface area contributed by atoms with E-state index in [4.69, 9.17) is 11.6 Å². The number of rotatable bonds is 5. The minimum Gasteiger partial charge on any atom is -0.306 e. The van der Waals surface area contributed by atoms with Crippen molar-refractivity contribution in [2.24, 2.45) is 5.10 Å². The fraction of sp³-hybridized carbons (Fsp3) is 0. The zero-order valence-electron chi connectivity index (χ0n) is 14.5. The third-order valence-corrected chi connectivity index (χ3v) is 3.97. The molecular formula is C20H15ClN4O3. The number of hydrazone groups is 1. The number of amides is 2. The molecule has 0 aromatic heterocycles. The fourth-order valence-electron chi connectivity index (χ4n) is 2.32. The lowest BCUT2D eigenvalue weighted by atomic mass is 10.2. The summed E-state index contributed by atoms with van der Waals surface area (Å²) < 4.78 is 0. The van der Waals surface area contributed by atoms with Gasteiger partial charge in [-0.25, -0.2) is 4.79 Å². The number of nitrogens with zero attached hydrogens (tertiary/aromatic N) is 3. The van der Waals surface area contributed by atoms with Gasteiger partial charge in [-0.15, -0.1) is 0 Å². The zero-order chi connectivity index (χ0) is 19.9. The Morgan fingerprint density at radius 1 is 1.00 bits per heavy atom. The second-order valence-electron chi connectivity index (χ2n) is 5.68. The number of urea groups is 1. The summed E-state index contributed by atoms with van der Waals surface area (Å²) in [6, 6.07) is 21.0. The highest BCUT2D eigenvalue weighted by Gasteiger charge is 2.15. The van der Waals surface area contributed by atoms with Gasteiger partial charge < -0.3 is 5.32 Å². The van der Waals surface area contributed by atoms with Crippen molar-refractivity contribution in [2.45, 2.75) is 0 Å². The van der Waals surface area contributed by atoms with Crippen molar-refractivity contribution in [3.8, 4) is 0 Å². The van der Waals surface area contributed by atoms with Crippen LogP contribution in [-0.4, -0.2) is 17.2 Å². The Morgan fingerprint density at radius 3 is 2.25 bits per heavy atom. The van der Waals surface area contributed by atoms with E-state index in [-0.39, 0.29) is 5.69 Å². The zero-order valence-corrected chi connectivity index (χ0v) is 15.3. The van der Waals surface area contributed by atoms with Crippen molar-refractivity contribution in [3.63, 3.8) is 0 Å². The number of halogens is 1. The molecule has 0 bridgehead atoms. The Labute approximate surface area is 166 Å². The summed E-state index contributed by atoms with van der Waals surface area (Å²) in [6.45, 7) is 0. The second kappa shape index (κ2) is 8.79. The van der Waals surface area contributed by atoms with E-state index in [0.29, 0.717) is 16.4 Å². The third kappa shape index (κ3) is 4.93. The number of hydrogen-bond acceptors (Lipinski definition) is 4. The summed E-state index contributed by atoms with van der Waals surface area (Å²) in [5, 5.41) is 19.5. The highest BCUT2D eigenvalue weighted by Crippen LogP contribution is 2.19. The quantitative estimate of drug-likeness (QED) is 0.361. The van der Waals surface area contributed by atoms with Gasteiger partial charge in [0.2, 0.25) is 0 Å². The van der Waals surface area contributed by atoms with Gasteiger partial charge in [0, 0.05) is 22.8 Å². The van der Waals surface area contributed by atoms with Gasteiger partial charge in [-0.2, -0.15) is 10.1 Å². The van der Waals surface area contributed by atoms with Gasteiger partial charge in [-0.3, -0.25) is 10.1 Å². The number of para-hydroxylation sites is 1. The highest BCUT2D eigenvalue weighted by molar-refractivity contribution is 6.30. The summed E-state index contributed by atoms with van der Waals surface area (Å²) in [7, 11) is 0. The molecule has 0 spiro atoms. The van der Waals surface area contributed by atoms with E-state index < -0.39 is 11.0 Å². The van der Waals surface area contributed by atoms with Crippen molar-refractivity contribution in [2.75, 3.05) is 10.3 Å². The predicted molar refractivity (Wildman–Crippen MR) is 110 cm³/mol. The van der Waals surface area contributed by atoms with Crippen LogP contribution in [0, 0.1) is 10.1 Å². The summed E-state index contributed by atoms with van der Waals surface area (Å²) in [5.41, 5.74) is 1.69. The molecule has 0 aliphatic carbocycles. The lowest BCUT2D eigenvalue weighted by Gasteiger charge is -2.18. The smallest absolute Gasteiger partial charge is 0.306 e. The van der Waals surface area contributed by atoms with Gasteiger partial charge in [-0.1, -0.05) is 41.9 Å². The first-order chi connectivity index (χ1) is 13.5. The van der Waals surface area contributed by atoms with Crippen LogP contribution in [0.4, 0.5) is 21.9 Å². The molecule has 2 amide bonds. The van der Waals surface area contributed by atoms with Crippen LogP contribution in [0.25, 0.3) is 0 Å². The summed E-state index contributed by atoms with van der Waals surface area (Å²) in [6.07, 6.45) is 1.54. The second-order valence-corrected chi connectivity index (χ2v) is 6.11. The Balaban J connectivity index is 1.82. The van der Waals surface area contributed by atoms with Crippen molar-refractivity contribution in [3.05, 3.63) is 99.6 Å². The van der Waals surface area contributed by atoms with E-state index in [2.05, 4.69) is 10.4 Å². The number of nitro groups is 1. The van der Waals surface area contributed by atoms with Crippen molar-refractivity contribution in [1.82, 2.24) is 0 Å². The van der Waals surface area contributed by atoms with Gasteiger partial charge in [0.25, 0.3) is 5.69 Å². The van der Waals surface area contributed by atoms with E-state index in [1.54, 1.807) is 54.7 Å². The molecule has 3 aromatic carbocycles. The standard InChI is InChI=1S/C20H15ClN4O3/c21-16-8-6-15(7-9-16)14-22-24(18-4-2-1-3-5-18)20(26)23-17-10-12-19(13-11-17)25(27)28/h1-14H,(H,23,26)/b22-14+. The van der Waals surface area contributed by atoms with Gasteiger partial charge in [0.05, 0.1) is 16.8 Å². The normalized spacial score (nSPS) is 10.6. The minimum atomic E-state index is -0.509. The number of hydrogen-bond donors (Lipinski definition) is 1. The summed E-state index contributed by atoms with van der Waals surface area (Å²) in [5.74, 6) is 0. The lowest BCUT2D eigenvalue weighted by Crippen LogP contribution is -2.30. The van der Waals surface area contributed by atoms with Crippen molar-refractivity contribution < 1.29 is 9.72 Å². The van der Waals surface area contributed by atoms with Crippen LogP contribution in [-0.2, 0) is 0 Å². The van der Waals surface area contributed by atoms with Gasteiger partial charge in [0.1, 0.15) is 0 Å². The molecule has 0 atom stereocenters. The molecule has 0 saturated carbocycles. The molecule has 3 rings (SSSR count). The first kappa shape index (κ1) is 19.1. The summed E-state index contributed by atoms with van der Waals surface area (Å²) >= 11 is 5.88. The third-order valence-electron chi connectivity index (χ3n) is 3.71. The maximum absolute atomic E-state index is 12.8. The topological polar surface area (TPSA) is 87.8 Å². The van der Waals surface area contributed by atoms with E-state index in [0.717, 1.165) is 5.56 Å². The molecule has 0 fully saturated rings. The number of non-ortho nitro benzene ring substituents is 1. The van der Waals surface area contributed by atoms with Crippen LogP contribution in [0.5, 0.6) is 0 Å². The molecule has 28 heavy (non-hydrogen) atoms. The average molecular weight is 395 g/mol. The molecule has 0 radical (unpaired) electrons. The first-order valence-electron chi connectivity index (χ1n) is 8.23. The maximum atomic E-state index is 12.8. The Kier molecular flexibility index (Phi) is 5.98. The molecule has 140 valence electrons. The van der Waals surface area contributed by atoms with E-state index in [1.165, 1.54) is 29.3 Å². The van der Waals surface area contributed by atoms with Gasteiger partial charge in [-0.05, 0) is 42.0 Å². The van der Waals surface area contributed by atoms with Gasteiger partial charge >= 0.3 is 6.03 Å². The van der Waals surface area contributed by atoms with Crippen LogP contribution in [0.3, 0.4) is 0 Å². The van der Waals surface area contributed by atoms with Crippen LogP contribution in [0.15, 0.2) is 84.0 Å². The first-order valence-corrected chi connectivity index (χ1v) is 8.61. The van der Waals surface area contributed by atoms with Crippen LogP contribution in [0.1, 0.15) is 5.56 Å². The number of benzene rings is 3. The molecule has 8 heteroatoms. The molecule has 0 saturated heterocycles. The van der Waals surface area contributed by atoms with E-state index in [1.807, 2.05) is 6.07 Å². The average Bonchev–Trinajstić information content (AvgIpc) is 2.71. The Hall–Kier alpha value is -3.71. The number of anilines is 2. The highest BCUT2D eigenvalue weighted by atomic mass is 35.5. The van der Waals surface area contributed by atoms with Crippen LogP contribution in [0.2, 0.25) is 5.02 Å². The largest absolute Gasteiger partial charge is 0.347 e. The molecule has 3 aromatic rings. The number of nitro benzene ring substituents is 1. The molecule has 0 aliphatic heterocycles. The van der Waals surface area contributed by atoms with Crippen molar-refractivity contribution >= 4 is 40.9 Å². The Bertz CT molecular complexity index is 990. The summed E-state index contributed by atoms with van der Waals surface area (Å²) in [4.78, 5) is 23.0. The van der Waals surface area contributed by atoms with Crippen molar-refractivity contribution in [1.29, 1.82) is 0 Å². The van der Waals surface area contributed by atoms with E-state index >= 15 is 0 Å². The minimum absolute atomic E-state index is 0.0568. The molecular weight excluding hydrogens is 380 g/mol. The number of carbonyl (C=O) groups is 1. The number of carbonyl (C=O) groups excluding carboxylic acids is 1.